The van der Waals surface area contributed by atoms with Crippen molar-refractivity contribution in [1.82, 2.24) is 9.55 Å². The molecule has 0 N–H and O–H groups in total. The molecule has 0 atom stereocenters. The van der Waals surface area contributed by atoms with Crippen molar-refractivity contribution < 1.29 is 4.39 Å². The first kappa shape index (κ1) is 16.5. The van der Waals surface area contributed by atoms with Crippen LogP contribution in [0.3, 0.4) is 0 Å². The van der Waals surface area contributed by atoms with Gasteiger partial charge in [0.2, 0.25) is 0 Å². The summed E-state index contributed by atoms with van der Waals surface area (Å²) in [5, 5.41) is 0. The van der Waals surface area contributed by atoms with Gasteiger partial charge < -0.3 is 4.57 Å². The molecule has 0 unspecified atom stereocenters. The molecule has 0 fully saturated rings. The third kappa shape index (κ3) is 3.01. The van der Waals surface area contributed by atoms with E-state index in [-0.39, 0.29) is 5.82 Å². The lowest BCUT2D eigenvalue weighted by Gasteiger charge is -2.11. The van der Waals surface area contributed by atoms with E-state index in [2.05, 4.69) is 50.2 Å². The minimum atomic E-state index is -0.240. The molecule has 0 amide bonds. The standard InChI is InChI=1S/C23H21FN2/c1-16(2)18-11-13-19(14-12-18)23-25-21-10-6-9-20(24)22(21)26(23)15-17-7-4-3-5-8-17/h3-14,16H,15H2,1-2H3. The van der Waals surface area contributed by atoms with Gasteiger partial charge in [-0.15, -0.1) is 0 Å². The number of halogens is 1. The van der Waals surface area contributed by atoms with Gasteiger partial charge in [-0.1, -0.05) is 74.5 Å². The van der Waals surface area contributed by atoms with Crippen LogP contribution < -0.4 is 0 Å². The van der Waals surface area contributed by atoms with Gasteiger partial charge in [0.05, 0.1) is 5.52 Å². The Kier molecular flexibility index (Phi) is 4.29. The minimum absolute atomic E-state index is 0.240. The van der Waals surface area contributed by atoms with Crippen LogP contribution in [-0.4, -0.2) is 9.55 Å². The van der Waals surface area contributed by atoms with Crippen LogP contribution in [0.25, 0.3) is 22.4 Å². The zero-order valence-corrected chi connectivity index (χ0v) is 15.0. The van der Waals surface area contributed by atoms with Crippen molar-refractivity contribution in [2.24, 2.45) is 0 Å². The number of imidazole rings is 1. The molecule has 0 radical (unpaired) electrons. The predicted molar refractivity (Wildman–Crippen MR) is 105 cm³/mol. The van der Waals surface area contributed by atoms with Crippen molar-refractivity contribution in [3.05, 3.63) is 89.7 Å². The molecular formula is C23H21FN2. The molecule has 0 bridgehead atoms. The fraction of sp³-hybridized carbons (Fsp3) is 0.174. The van der Waals surface area contributed by atoms with Crippen LogP contribution in [0.4, 0.5) is 4.39 Å². The van der Waals surface area contributed by atoms with Crippen LogP contribution in [0.1, 0.15) is 30.9 Å². The van der Waals surface area contributed by atoms with Gasteiger partial charge in [0, 0.05) is 12.1 Å². The van der Waals surface area contributed by atoms with Gasteiger partial charge in [0.25, 0.3) is 0 Å². The topological polar surface area (TPSA) is 17.8 Å². The summed E-state index contributed by atoms with van der Waals surface area (Å²) in [5.41, 5.74) is 4.64. The van der Waals surface area contributed by atoms with E-state index in [0.29, 0.717) is 23.5 Å². The molecule has 0 aliphatic heterocycles. The lowest BCUT2D eigenvalue weighted by molar-refractivity contribution is 0.629. The van der Waals surface area contributed by atoms with E-state index in [9.17, 15) is 4.39 Å². The number of para-hydroxylation sites is 1. The normalized spacial score (nSPS) is 11.4. The zero-order valence-electron chi connectivity index (χ0n) is 15.0. The van der Waals surface area contributed by atoms with Gasteiger partial charge in [-0.25, -0.2) is 9.37 Å². The molecule has 1 heterocycles. The lowest BCUT2D eigenvalue weighted by Crippen LogP contribution is -2.03. The smallest absolute Gasteiger partial charge is 0.149 e. The second kappa shape index (κ2) is 6.75. The van der Waals surface area contributed by atoms with E-state index in [0.717, 1.165) is 17.0 Å². The number of aromatic nitrogens is 2. The highest BCUT2D eigenvalue weighted by molar-refractivity contribution is 5.81. The SMILES string of the molecule is CC(C)c1ccc(-c2nc3cccc(F)c3n2Cc2ccccc2)cc1. The third-order valence-electron chi connectivity index (χ3n) is 4.74. The van der Waals surface area contributed by atoms with Gasteiger partial charge in [0.15, 0.2) is 0 Å². The largest absolute Gasteiger partial charge is 0.317 e. The Morgan fingerprint density at radius 2 is 1.62 bits per heavy atom. The number of fused-ring (bicyclic) bond motifs is 1. The molecular weight excluding hydrogens is 323 g/mol. The predicted octanol–water partition coefficient (Wildman–Crippen LogP) is 6.01. The number of rotatable bonds is 4. The van der Waals surface area contributed by atoms with Crippen LogP contribution in [0.2, 0.25) is 0 Å². The lowest BCUT2D eigenvalue weighted by atomic mass is 10.0. The number of benzene rings is 3. The second-order valence-electron chi connectivity index (χ2n) is 6.89. The Labute approximate surface area is 152 Å². The fourth-order valence-electron chi connectivity index (χ4n) is 3.30. The molecule has 3 aromatic carbocycles. The molecule has 3 heteroatoms. The van der Waals surface area contributed by atoms with E-state index < -0.39 is 0 Å². The molecule has 2 nitrogen and oxygen atoms in total. The Bertz CT molecular complexity index is 1030. The molecule has 0 saturated carbocycles. The van der Waals surface area contributed by atoms with Crippen LogP contribution in [0.15, 0.2) is 72.8 Å². The minimum Gasteiger partial charge on any atom is -0.317 e. The highest BCUT2D eigenvalue weighted by Crippen LogP contribution is 2.28. The van der Waals surface area contributed by atoms with Crippen molar-refractivity contribution in [1.29, 1.82) is 0 Å². The maximum absolute atomic E-state index is 14.6. The summed E-state index contributed by atoms with van der Waals surface area (Å²) in [6.45, 7) is 4.93. The zero-order chi connectivity index (χ0) is 18.1. The van der Waals surface area contributed by atoms with Crippen LogP contribution in [0, 0.1) is 5.82 Å². The first-order valence-electron chi connectivity index (χ1n) is 8.92. The summed E-state index contributed by atoms with van der Waals surface area (Å²) >= 11 is 0. The number of hydrogen-bond donors (Lipinski definition) is 0. The highest BCUT2D eigenvalue weighted by Gasteiger charge is 2.16. The van der Waals surface area contributed by atoms with Crippen molar-refractivity contribution in [3.8, 4) is 11.4 Å². The quantitative estimate of drug-likeness (QED) is 0.443. The third-order valence-corrected chi connectivity index (χ3v) is 4.74. The number of nitrogens with zero attached hydrogens (tertiary/aromatic N) is 2. The van der Waals surface area contributed by atoms with Gasteiger partial charge in [0.1, 0.15) is 17.2 Å². The van der Waals surface area contributed by atoms with E-state index in [1.54, 1.807) is 6.07 Å². The molecule has 0 aliphatic carbocycles. The second-order valence-corrected chi connectivity index (χ2v) is 6.89. The first-order chi connectivity index (χ1) is 12.6. The molecule has 4 aromatic rings. The summed E-state index contributed by atoms with van der Waals surface area (Å²) in [6.07, 6.45) is 0. The average molecular weight is 344 g/mol. The summed E-state index contributed by atoms with van der Waals surface area (Å²) in [4.78, 5) is 4.74. The summed E-state index contributed by atoms with van der Waals surface area (Å²) in [7, 11) is 0. The summed E-state index contributed by atoms with van der Waals surface area (Å²) < 4.78 is 16.6. The van der Waals surface area contributed by atoms with E-state index in [1.165, 1.54) is 11.6 Å². The molecule has 0 aliphatic rings. The first-order valence-corrected chi connectivity index (χ1v) is 8.92. The highest BCUT2D eigenvalue weighted by atomic mass is 19.1. The van der Waals surface area contributed by atoms with Gasteiger partial charge in [-0.05, 0) is 29.2 Å². The molecule has 1 aromatic heterocycles. The van der Waals surface area contributed by atoms with Gasteiger partial charge in [-0.2, -0.15) is 0 Å². The Morgan fingerprint density at radius 1 is 0.885 bits per heavy atom. The maximum Gasteiger partial charge on any atom is 0.149 e. The van der Waals surface area contributed by atoms with Gasteiger partial charge in [-0.3, -0.25) is 0 Å². The van der Waals surface area contributed by atoms with Crippen LogP contribution in [0.5, 0.6) is 0 Å². The average Bonchev–Trinajstić information content (AvgIpc) is 3.02. The molecule has 4 rings (SSSR count). The molecule has 130 valence electrons. The van der Waals surface area contributed by atoms with E-state index in [1.807, 2.05) is 28.8 Å². The molecule has 0 saturated heterocycles. The van der Waals surface area contributed by atoms with Gasteiger partial charge >= 0.3 is 0 Å². The Morgan fingerprint density at radius 3 is 2.31 bits per heavy atom. The summed E-state index contributed by atoms with van der Waals surface area (Å²) in [5.74, 6) is 1.03. The van der Waals surface area contributed by atoms with Crippen LogP contribution >= 0.6 is 0 Å². The maximum atomic E-state index is 14.6. The van der Waals surface area contributed by atoms with E-state index in [4.69, 9.17) is 4.98 Å². The van der Waals surface area contributed by atoms with Crippen molar-refractivity contribution in [3.63, 3.8) is 0 Å². The van der Waals surface area contributed by atoms with Crippen molar-refractivity contribution in [2.45, 2.75) is 26.3 Å². The Balaban J connectivity index is 1.88. The van der Waals surface area contributed by atoms with Crippen molar-refractivity contribution >= 4 is 11.0 Å². The molecule has 26 heavy (non-hydrogen) atoms. The van der Waals surface area contributed by atoms with E-state index >= 15 is 0 Å². The fourth-order valence-corrected chi connectivity index (χ4v) is 3.30. The monoisotopic (exact) mass is 344 g/mol. The molecule has 0 spiro atoms. The Hall–Kier alpha value is -2.94. The number of hydrogen-bond acceptors (Lipinski definition) is 1. The summed E-state index contributed by atoms with van der Waals surface area (Å²) in [6, 6.07) is 23.6. The van der Waals surface area contributed by atoms with Crippen molar-refractivity contribution in [2.75, 3.05) is 0 Å². The van der Waals surface area contributed by atoms with Crippen LogP contribution in [-0.2, 0) is 6.54 Å².